The average Bonchev–Trinajstić information content (AvgIpc) is 3.16. The van der Waals surface area contributed by atoms with Gasteiger partial charge in [0.1, 0.15) is 5.69 Å². The number of amides is 1. The number of likely N-dealkylation sites (tertiary alicyclic amines) is 1. The summed E-state index contributed by atoms with van der Waals surface area (Å²) in [5.74, 6) is 0.535. The van der Waals surface area contributed by atoms with Crippen molar-refractivity contribution in [2.24, 2.45) is 5.92 Å². The number of piperidine rings is 1. The maximum Gasteiger partial charge on any atom is 0.271 e. The van der Waals surface area contributed by atoms with Gasteiger partial charge in [0, 0.05) is 30.9 Å². The van der Waals surface area contributed by atoms with Crippen molar-refractivity contribution in [2.45, 2.75) is 19.3 Å². The summed E-state index contributed by atoms with van der Waals surface area (Å²) in [7, 11) is 0. The van der Waals surface area contributed by atoms with Crippen LogP contribution in [0, 0.1) is 5.92 Å². The summed E-state index contributed by atoms with van der Waals surface area (Å²) in [6.07, 6.45) is 6.64. The normalized spacial score (nSPS) is 18.0. The van der Waals surface area contributed by atoms with E-state index in [4.69, 9.17) is 0 Å². The highest BCUT2D eigenvalue weighted by Gasteiger charge is 2.25. The molecule has 1 fully saturated rings. The number of aromatic amines is 1. The second kappa shape index (κ2) is 6.43. The van der Waals surface area contributed by atoms with Crippen molar-refractivity contribution in [1.29, 1.82) is 0 Å². The maximum atomic E-state index is 12.5. The summed E-state index contributed by atoms with van der Waals surface area (Å²) >= 11 is 0. The van der Waals surface area contributed by atoms with E-state index in [1.54, 1.807) is 12.3 Å². The molecule has 1 amide bonds. The molecule has 0 spiro atoms. The summed E-state index contributed by atoms with van der Waals surface area (Å²) in [6.45, 7) is 1.62. The first kappa shape index (κ1) is 14.9. The lowest BCUT2D eigenvalue weighted by atomic mass is 9.89. The molecule has 0 radical (unpaired) electrons. The Labute approximate surface area is 140 Å². The van der Waals surface area contributed by atoms with Gasteiger partial charge in [-0.2, -0.15) is 5.10 Å². The zero-order chi connectivity index (χ0) is 16.4. The third-order valence-electron chi connectivity index (χ3n) is 4.78. The molecule has 1 N–H and O–H groups in total. The standard InChI is InChI=1S/C19H20N4O/c24-19(18-8-10-21-22-18)23-11-3-4-14(13-23)12-15-5-1-7-17-16(15)6-2-9-20-17/h1-2,5-10,14H,3-4,11-13H2,(H,21,22)/t14-/m0/s1. The Morgan fingerprint density at radius 3 is 3.04 bits per heavy atom. The van der Waals surface area contributed by atoms with Crippen LogP contribution in [0.4, 0.5) is 0 Å². The fourth-order valence-corrected chi connectivity index (χ4v) is 3.62. The zero-order valence-electron chi connectivity index (χ0n) is 13.5. The summed E-state index contributed by atoms with van der Waals surface area (Å²) in [5.41, 5.74) is 2.93. The van der Waals surface area contributed by atoms with Crippen LogP contribution in [0.1, 0.15) is 28.9 Å². The molecule has 4 rings (SSSR count). The number of hydrogen-bond acceptors (Lipinski definition) is 3. The van der Waals surface area contributed by atoms with Gasteiger partial charge in [0.15, 0.2) is 0 Å². The lowest BCUT2D eigenvalue weighted by Gasteiger charge is -2.32. The molecule has 0 unspecified atom stereocenters. The van der Waals surface area contributed by atoms with Crippen molar-refractivity contribution in [1.82, 2.24) is 20.1 Å². The highest BCUT2D eigenvalue weighted by molar-refractivity contribution is 5.92. The van der Waals surface area contributed by atoms with Gasteiger partial charge >= 0.3 is 0 Å². The summed E-state index contributed by atoms with van der Waals surface area (Å²) < 4.78 is 0. The van der Waals surface area contributed by atoms with Crippen molar-refractivity contribution in [3.8, 4) is 0 Å². The highest BCUT2D eigenvalue weighted by Crippen LogP contribution is 2.25. The van der Waals surface area contributed by atoms with Gasteiger partial charge in [0.05, 0.1) is 5.52 Å². The van der Waals surface area contributed by atoms with E-state index in [1.807, 2.05) is 23.2 Å². The van der Waals surface area contributed by atoms with E-state index in [2.05, 4.69) is 33.4 Å². The molecule has 1 aliphatic heterocycles. The number of rotatable bonds is 3. The number of nitrogens with one attached hydrogen (secondary N) is 1. The summed E-state index contributed by atoms with van der Waals surface area (Å²) in [5, 5.41) is 7.87. The minimum atomic E-state index is 0.0526. The largest absolute Gasteiger partial charge is 0.337 e. The molecule has 1 atom stereocenters. The van der Waals surface area contributed by atoms with E-state index in [0.29, 0.717) is 11.6 Å². The maximum absolute atomic E-state index is 12.5. The predicted molar refractivity (Wildman–Crippen MR) is 92.7 cm³/mol. The average molecular weight is 320 g/mol. The van der Waals surface area contributed by atoms with Gasteiger partial charge in [-0.3, -0.25) is 14.9 Å². The van der Waals surface area contributed by atoms with Crippen LogP contribution < -0.4 is 0 Å². The molecule has 1 aromatic carbocycles. The number of carbonyl (C=O) groups excluding carboxylic acids is 1. The van der Waals surface area contributed by atoms with Crippen molar-refractivity contribution in [2.75, 3.05) is 13.1 Å². The van der Waals surface area contributed by atoms with Crippen LogP contribution in [0.25, 0.3) is 10.9 Å². The minimum Gasteiger partial charge on any atom is -0.337 e. The van der Waals surface area contributed by atoms with E-state index in [-0.39, 0.29) is 5.91 Å². The molecule has 5 nitrogen and oxygen atoms in total. The van der Waals surface area contributed by atoms with Gasteiger partial charge in [-0.1, -0.05) is 18.2 Å². The lowest BCUT2D eigenvalue weighted by molar-refractivity contribution is 0.0667. The highest BCUT2D eigenvalue weighted by atomic mass is 16.2. The van der Waals surface area contributed by atoms with Gasteiger partial charge in [-0.05, 0) is 48.9 Å². The van der Waals surface area contributed by atoms with Gasteiger partial charge in [0.25, 0.3) is 5.91 Å². The Morgan fingerprint density at radius 1 is 1.21 bits per heavy atom. The number of pyridine rings is 1. The number of aromatic nitrogens is 3. The lowest BCUT2D eigenvalue weighted by Crippen LogP contribution is -2.40. The van der Waals surface area contributed by atoms with E-state index >= 15 is 0 Å². The molecule has 0 saturated carbocycles. The van der Waals surface area contributed by atoms with Crippen LogP contribution in [0.2, 0.25) is 0 Å². The van der Waals surface area contributed by atoms with Crippen molar-refractivity contribution in [3.05, 3.63) is 60.0 Å². The fraction of sp³-hybridized carbons (Fsp3) is 0.316. The molecule has 3 aromatic rings. The topological polar surface area (TPSA) is 61.9 Å². The van der Waals surface area contributed by atoms with Gasteiger partial charge < -0.3 is 4.90 Å². The van der Waals surface area contributed by atoms with Crippen LogP contribution in [-0.4, -0.2) is 39.1 Å². The third-order valence-corrected chi connectivity index (χ3v) is 4.78. The number of nitrogens with zero attached hydrogens (tertiary/aromatic N) is 3. The van der Waals surface area contributed by atoms with Crippen LogP contribution >= 0.6 is 0 Å². The quantitative estimate of drug-likeness (QED) is 0.807. The molecule has 1 aliphatic rings. The summed E-state index contributed by atoms with van der Waals surface area (Å²) in [4.78, 5) is 18.9. The van der Waals surface area contributed by atoms with Gasteiger partial charge in [0.2, 0.25) is 0 Å². The second-order valence-corrected chi connectivity index (χ2v) is 6.42. The Morgan fingerprint density at radius 2 is 2.17 bits per heavy atom. The molecule has 122 valence electrons. The monoisotopic (exact) mass is 320 g/mol. The number of benzene rings is 1. The Bertz CT molecular complexity index is 838. The number of carbonyl (C=O) groups is 1. The van der Waals surface area contributed by atoms with Crippen molar-refractivity contribution in [3.63, 3.8) is 0 Å². The van der Waals surface area contributed by atoms with E-state index in [0.717, 1.165) is 37.9 Å². The SMILES string of the molecule is O=C(c1ccn[nH]1)N1CCC[C@@H](Cc2cccc3ncccc23)C1. The first-order valence-corrected chi connectivity index (χ1v) is 8.42. The zero-order valence-corrected chi connectivity index (χ0v) is 13.5. The predicted octanol–water partition coefficient (Wildman–Crippen LogP) is 3.05. The molecule has 0 bridgehead atoms. The van der Waals surface area contributed by atoms with E-state index in [1.165, 1.54) is 10.9 Å². The number of fused-ring (bicyclic) bond motifs is 1. The van der Waals surface area contributed by atoms with Gasteiger partial charge in [-0.15, -0.1) is 0 Å². The van der Waals surface area contributed by atoms with Crippen LogP contribution in [0.3, 0.4) is 0 Å². The molecule has 3 heterocycles. The Hall–Kier alpha value is -2.69. The first-order valence-electron chi connectivity index (χ1n) is 8.42. The Kier molecular flexibility index (Phi) is 3.99. The second-order valence-electron chi connectivity index (χ2n) is 6.42. The minimum absolute atomic E-state index is 0.0526. The van der Waals surface area contributed by atoms with Crippen molar-refractivity contribution < 1.29 is 4.79 Å². The van der Waals surface area contributed by atoms with Crippen LogP contribution in [0.5, 0.6) is 0 Å². The van der Waals surface area contributed by atoms with Crippen molar-refractivity contribution >= 4 is 16.8 Å². The smallest absolute Gasteiger partial charge is 0.271 e. The molecule has 2 aromatic heterocycles. The number of H-pyrrole nitrogens is 1. The fourth-order valence-electron chi connectivity index (χ4n) is 3.62. The molecule has 5 heteroatoms. The molecule has 1 saturated heterocycles. The van der Waals surface area contributed by atoms with Crippen LogP contribution in [-0.2, 0) is 6.42 Å². The molecular weight excluding hydrogens is 300 g/mol. The third kappa shape index (κ3) is 2.89. The van der Waals surface area contributed by atoms with E-state index < -0.39 is 0 Å². The molecular formula is C19H20N4O. The molecule has 24 heavy (non-hydrogen) atoms. The first-order chi connectivity index (χ1) is 11.8. The summed E-state index contributed by atoms with van der Waals surface area (Å²) in [6, 6.07) is 12.2. The van der Waals surface area contributed by atoms with Gasteiger partial charge in [-0.25, -0.2) is 0 Å². The van der Waals surface area contributed by atoms with E-state index in [9.17, 15) is 4.79 Å². The molecule has 0 aliphatic carbocycles. The number of hydrogen-bond donors (Lipinski definition) is 1. The Balaban J connectivity index is 1.51. The van der Waals surface area contributed by atoms with Crippen LogP contribution in [0.15, 0.2) is 48.8 Å².